The monoisotopic (exact) mass is 436 g/mol. The summed E-state index contributed by atoms with van der Waals surface area (Å²) in [6, 6.07) is 13.8. The average Bonchev–Trinajstić information content (AvgIpc) is 2.89. The number of aliphatic imine (C=N–C) groups is 1. The number of hydrogen-bond acceptors (Lipinski definition) is 5. The number of esters is 1. The van der Waals surface area contributed by atoms with Crippen molar-refractivity contribution >= 4 is 37.8 Å². The Kier molecular flexibility index (Phi) is 5.73. The summed E-state index contributed by atoms with van der Waals surface area (Å²) >= 11 is 3.32. The third-order valence-corrected chi connectivity index (χ3v) is 5.90. The Morgan fingerprint density at radius 2 is 1.81 bits per heavy atom. The number of nitrogens with one attached hydrogen (secondary N) is 1. The quantitative estimate of drug-likeness (QED) is 0.556. The molecular weight excluding hydrogens is 420 g/mol. The average molecular weight is 437 g/mol. The highest BCUT2D eigenvalue weighted by molar-refractivity contribution is 9.10. The van der Waals surface area contributed by atoms with E-state index in [0.717, 1.165) is 0 Å². The molecule has 6 nitrogen and oxygen atoms in total. The number of fused-ring (bicyclic) bond motifs is 1. The number of sulfonamides is 1. The summed E-state index contributed by atoms with van der Waals surface area (Å²) in [6.07, 6.45) is 1.32. The van der Waals surface area contributed by atoms with E-state index in [1.807, 2.05) is 6.07 Å². The Balaban J connectivity index is 1.47. The van der Waals surface area contributed by atoms with E-state index in [-0.39, 0.29) is 17.5 Å². The summed E-state index contributed by atoms with van der Waals surface area (Å²) in [4.78, 5) is 16.5. The van der Waals surface area contributed by atoms with Gasteiger partial charge in [0.05, 0.1) is 17.1 Å². The van der Waals surface area contributed by atoms with Crippen molar-refractivity contribution in [1.29, 1.82) is 0 Å². The first-order valence-corrected chi connectivity index (χ1v) is 10.3. The number of halogens is 1. The van der Waals surface area contributed by atoms with Crippen LogP contribution in [0.5, 0.6) is 0 Å². The molecule has 2 aromatic rings. The van der Waals surface area contributed by atoms with Gasteiger partial charge in [0.25, 0.3) is 10.0 Å². The summed E-state index contributed by atoms with van der Waals surface area (Å²) < 4.78 is 32.4. The maximum atomic E-state index is 12.0. The van der Waals surface area contributed by atoms with Gasteiger partial charge in [0.1, 0.15) is 5.84 Å². The number of ether oxygens (including phenoxy) is 1. The molecule has 0 spiro atoms. The molecule has 26 heavy (non-hydrogen) atoms. The highest BCUT2D eigenvalue weighted by atomic mass is 79.9. The van der Waals surface area contributed by atoms with E-state index in [4.69, 9.17) is 4.74 Å². The first-order valence-electron chi connectivity index (χ1n) is 8.07. The lowest BCUT2D eigenvalue weighted by Crippen LogP contribution is -2.22. The van der Waals surface area contributed by atoms with Crippen LogP contribution in [0.2, 0.25) is 0 Å². The molecule has 8 heteroatoms. The molecule has 2 aromatic carbocycles. The van der Waals surface area contributed by atoms with Gasteiger partial charge < -0.3 is 4.74 Å². The minimum Gasteiger partial charge on any atom is -0.462 e. The van der Waals surface area contributed by atoms with Gasteiger partial charge in [-0.2, -0.15) is 0 Å². The van der Waals surface area contributed by atoms with Gasteiger partial charge in [-0.15, -0.1) is 0 Å². The van der Waals surface area contributed by atoms with Gasteiger partial charge in [0.2, 0.25) is 0 Å². The van der Waals surface area contributed by atoms with Crippen molar-refractivity contribution in [2.75, 3.05) is 13.2 Å². The number of hydrogen-bond donors (Lipinski definition) is 1. The highest BCUT2D eigenvalue weighted by Gasteiger charge is 2.29. The van der Waals surface area contributed by atoms with Crippen LogP contribution in [0.4, 0.5) is 0 Å². The van der Waals surface area contributed by atoms with E-state index in [1.54, 1.807) is 42.5 Å². The predicted molar refractivity (Wildman–Crippen MR) is 102 cm³/mol. The van der Waals surface area contributed by atoms with Crippen LogP contribution < -0.4 is 4.72 Å². The molecule has 0 radical (unpaired) electrons. The zero-order valence-electron chi connectivity index (χ0n) is 13.8. The van der Waals surface area contributed by atoms with E-state index >= 15 is 0 Å². The van der Waals surface area contributed by atoms with E-state index in [9.17, 15) is 13.2 Å². The maximum Gasteiger partial charge on any atom is 0.339 e. The molecule has 136 valence electrons. The normalized spacial score (nSPS) is 16.1. The Labute approximate surface area is 160 Å². The molecule has 0 bridgehead atoms. The van der Waals surface area contributed by atoms with Gasteiger partial charge in [-0.3, -0.25) is 9.71 Å². The van der Waals surface area contributed by atoms with Crippen LogP contribution in [-0.4, -0.2) is 33.4 Å². The van der Waals surface area contributed by atoms with Gasteiger partial charge >= 0.3 is 5.97 Å². The minimum atomic E-state index is -3.50. The summed E-state index contributed by atoms with van der Waals surface area (Å²) in [5, 5.41) is 0. The minimum absolute atomic E-state index is 0.251. The Morgan fingerprint density at radius 1 is 1.08 bits per heavy atom. The third-order valence-electron chi connectivity index (χ3n) is 3.81. The molecule has 0 saturated heterocycles. The van der Waals surface area contributed by atoms with Crippen LogP contribution in [0, 0.1) is 0 Å². The van der Waals surface area contributed by atoms with Gasteiger partial charge in [-0.25, -0.2) is 13.2 Å². The van der Waals surface area contributed by atoms with Crippen LogP contribution in [-0.2, 0) is 14.8 Å². The van der Waals surface area contributed by atoms with Crippen LogP contribution in [0.3, 0.4) is 0 Å². The fourth-order valence-electron chi connectivity index (χ4n) is 2.53. The zero-order chi connectivity index (χ0) is 18.6. The van der Waals surface area contributed by atoms with Crippen molar-refractivity contribution in [2.24, 2.45) is 4.99 Å². The maximum absolute atomic E-state index is 12.0. The molecule has 0 atom stereocenters. The molecule has 1 aliphatic rings. The van der Waals surface area contributed by atoms with E-state index in [0.29, 0.717) is 40.8 Å². The highest BCUT2D eigenvalue weighted by Crippen LogP contribution is 2.22. The number of rotatable bonds is 6. The Bertz CT molecular complexity index is 957. The first-order chi connectivity index (χ1) is 12.5. The molecule has 0 saturated carbocycles. The van der Waals surface area contributed by atoms with Crippen molar-refractivity contribution in [1.82, 2.24) is 4.72 Å². The Hall–Kier alpha value is -2.19. The number of carbonyl (C=O) groups is 1. The summed E-state index contributed by atoms with van der Waals surface area (Å²) in [5.74, 6) is -0.00733. The van der Waals surface area contributed by atoms with Crippen molar-refractivity contribution < 1.29 is 17.9 Å². The van der Waals surface area contributed by atoms with Crippen LogP contribution in [0.1, 0.15) is 28.8 Å². The summed E-state index contributed by atoms with van der Waals surface area (Å²) in [6.45, 7) is 0.728. The van der Waals surface area contributed by atoms with Gasteiger partial charge in [0, 0.05) is 16.6 Å². The molecule has 0 unspecified atom stereocenters. The van der Waals surface area contributed by atoms with E-state index in [2.05, 4.69) is 25.6 Å². The second kappa shape index (κ2) is 8.01. The smallest absolute Gasteiger partial charge is 0.339 e. The molecular formula is C18H17BrN2O4S. The molecule has 0 fully saturated rings. The number of benzene rings is 2. The Morgan fingerprint density at radius 3 is 2.62 bits per heavy atom. The lowest BCUT2D eigenvalue weighted by molar-refractivity contribution is 0.0498. The first kappa shape index (κ1) is 18.6. The van der Waals surface area contributed by atoms with Crippen molar-refractivity contribution in [3.8, 4) is 0 Å². The van der Waals surface area contributed by atoms with Gasteiger partial charge in [-0.1, -0.05) is 24.3 Å². The van der Waals surface area contributed by atoms with E-state index in [1.165, 1.54) is 0 Å². The largest absolute Gasteiger partial charge is 0.462 e. The SMILES string of the molecule is O=C(OCCCCN=C1NS(=O)(=O)c2ccccc21)c1ccccc1Br. The van der Waals surface area contributed by atoms with Crippen LogP contribution >= 0.6 is 15.9 Å². The molecule has 1 aliphatic heterocycles. The lowest BCUT2D eigenvalue weighted by Gasteiger charge is -2.05. The zero-order valence-corrected chi connectivity index (χ0v) is 16.2. The van der Waals surface area contributed by atoms with Gasteiger partial charge in [-0.05, 0) is 53.0 Å². The molecule has 0 aliphatic carbocycles. The second-order valence-corrected chi connectivity index (χ2v) is 8.16. The lowest BCUT2D eigenvalue weighted by atomic mass is 10.2. The number of amidine groups is 1. The van der Waals surface area contributed by atoms with E-state index < -0.39 is 10.0 Å². The standard InChI is InChI=1S/C18H17BrN2O4S/c19-15-9-3-1-7-13(15)18(22)25-12-6-5-11-20-17-14-8-2-4-10-16(14)26(23,24)21-17/h1-4,7-10H,5-6,11-12H2,(H,20,21). The number of carbonyl (C=O) groups excluding carboxylic acids is 1. The molecule has 1 N–H and O–H groups in total. The fraction of sp³-hybridized carbons (Fsp3) is 0.222. The van der Waals surface area contributed by atoms with Gasteiger partial charge in [0.15, 0.2) is 0 Å². The van der Waals surface area contributed by atoms with Crippen molar-refractivity contribution in [3.63, 3.8) is 0 Å². The second-order valence-electron chi connectivity index (χ2n) is 5.65. The molecule has 0 amide bonds. The van der Waals surface area contributed by atoms with Crippen LogP contribution in [0.25, 0.3) is 0 Å². The van der Waals surface area contributed by atoms with Crippen molar-refractivity contribution in [2.45, 2.75) is 17.7 Å². The fourth-order valence-corrected chi connectivity index (χ4v) is 4.22. The topological polar surface area (TPSA) is 84.8 Å². The predicted octanol–water partition coefficient (Wildman–Crippen LogP) is 3.12. The van der Waals surface area contributed by atoms with Crippen molar-refractivity contribution in [3.05, 3.63) is 64.1 Å². The molecule has 3 rings (SSSR count). The summed E-state index contributed by atoms with van der Waals surface area (Å²) in [5.41, 5.74) is 1.08. The summed E-state index contributed by atoms with van der Waals surface area (Å²) in [7, 11) is -3.50. The van der Waals surface area contributed by atoms with Crippen LogP contribution in [0.15, 0.2) is 62.9 Å². The molecule has 0 aromatic heterocycles. The number of nitrogens with zero attached hydrogens (tertiary/aromatic N) is 1. The third kappa shape index (κ3) is 4.13. The number of unbranched alkanes of at least 4 members (excludes halogenated alkanes) is 1. The molecule has 1 heterocycles.